The Kier molecular flexibility index (Phi) is 2.53. The molecule has 0 aliphatic rings. The van der Waals surface area contributed by atoms with Crippen LogP contribution in [0.25, 0.3) is 0 Å². The zero-order valence-electron chi connectivity index (χ0n) is 6.50. The highest BCUT2D eigenvalue weighted by atomic mass is 16.9. The Morgan fingerprint density at radius 3 is 2.91 bits per heavy atom. The van der Waals surface area contributed by atoms with E-state index in [9.17, 15) is 5.21 Å². The molecule has 0 saturated carbocycles. The molecular formula is C7H10N2O2. The molecule has 0 spiro atoms. The first kappa shape index (κ1) is 8.13. The van der Waals surface area contributed by atoms with Crippen molar-refractivity contribution in [1.82, 2.24) is 4.98 Å². The molecule has 0 fully saturated rings. The first-order valence-corrected chi connectivity index (χ1v) is 3.24. The molecule has 0 radical (unpaired) electrons. The van der Waals surface area contributed by atoms with Crippen LogP contribution in [0.3, 0.4) is 0 Å². The average molecular weight is 154 g/mol. The summed E-state index contributed by atoms with van der Waals surface area (Å²) in [6.45, 7) is 1.84. The van der Waals surface area contributed by atoms with Gasteiger partial charge >= 0.3 is 0 Å². The highest BCUT2D eigenvalue weighted by Gasteiger charge is 2.04. The molecule has 0 saturated heterocycles. The fraction of sp³-hybridized carbons (Fsp3) is 0.286. The standard InChI is InChI=1S/C7H10N2O2/c1-6-3-4-8-5-7(6)9(10)11-2/h3-5,9H,1-2H3. The first-order chi connectivity index (χ1) is 5.25. The Balaban J connectivity index is 2.93. The third-order valence-electron chi connectivity index (χ3n) is 1.44. The van der Waals surface area contributed by atoms with E-state index in [4.69, 9.17) is 0 Å². The van der Waals surface area contributed by atoms with Gasteiger partial charge in [0.2, 0.25) is 0 Å². The number of hydrogen-bond donors (Lipinski definition) is 1. The van der Waals surface area contributed by atoms with E-state index in [0.29, 0.717) is 5.69 Å². The lowest BCUT2D eigenvalue weighted by atomic mass is 10.3. The summed E-state index contributed by atoms with van der Waals surface area (Å²) < 4.78 is 0. The third kappa shape index (κ3) is 1.74. The van der Waals surface area contributed by atoms with Crippen molar-refractivity contribution in [3.63, 3.8) is 0 Å². The molecule has 4 heteroatoms. The molecule has 0 amide bonds. The average Bonchev–Trinajstić information content (AvgIpc) is 2.04. The lowest BCUT2D eigenvalue weighted by molar-refractivity contribution is -0.992. The van der Waals surface area contributed by atoms with E-state index in [1.54, 1.807) is 12.3 Å². The maximum Gasteiger partial charge on any atom is 0.185 e. The van der Waals surface area contributed by atoms with Gasteiger partial charge in [0.25, 0.3) is 0 Å². The second kappa shape index (κ2) is 3.43. The topological polar surface area (TPSA) is 49.6 Å². The molecule has 1 rings (SSSR count). The van der Waals surface area contributed by atoms with Crippen molar-refractivity contribution in [3.05, 3.63) is 29.2 Å². The molecule has 1 aromatic heterocycles. The van der Waals surface area contributed by atoms with Crippen molar-refractivity contribution in [1.29, 1.82) is 0 Å². The monoisotopic (exact) mass is 154 g/mol. The number of aromatic nitrogens is 1. The number of pyridine rings is 1. The maximum atomic E-state index is 11.0. The van der Waals surface area contributed by atoms with Gasteiger partial charge in [-0.15, -0.1) is 0 Å². The summed E-state index contributed by atoms with van der Waals surface area (Å²) in [5.74, 6) is 0. The number of nitrogens with one attached hydrogen (secondary N) is 1. The van der Waals surface area contributed by atoms with E-state index < -0.39 is 0 Å². The fourth-order valence-corrected chi connectivity index (χ4v) is 0.788. The van der Waals surface area contributed by atoms with E-state index in [2.05, 4.69) is 9.82 Å². The van der Waals surface area contributed by atoms with Crippen LogP contribution in [0.15, 0.2) is 18.5 Å². The minimum Gasteiger partial charge on any atom is -0.595 e. The Morgan fingerprint density at radius 1 is 1.64 bits per heavy atom. The molecule has 0 aliphatic carbocycles. The van der Waals surface area contributed by atoms with Crippen LogP contribution in [-0.4, -0.2) is 12.1 Å². The van der Waals surface area contributed by atoms with Crippen LogP contribution in [0.1, 0.15) is 5.56 Å². The van der Waals surface area contributed by atoms with Gasteiger partial charge in [0.15, 0.2) is 5.69 Å². The second-order valence-electron chi connectivity index (χ2n) is 2.18. The predicted octanol–water partition coefficient (Wildman–Crippen LogP) is -0.0344. The molecule has 0 aromatic carbocycles. The van der Waals surface area contributed by atoms with Gasteiger partial charge in [-0.2, -0.15) is 5.23 Å². The summed E-state index contributed by atoms with van der Waals surface area (Å²) >= 11 is 0. The van der Waals surface area contributed by atoms with Gasteiger partial charge in [0, 0.05) is 11.8 Å². The van der Waals surface area contributed by atoms with Crippen molar-refractivity contribution in [2.75, 3.05) is 7.11 Å². The molecule has 0 aliphatic heterocycles. The van der Waals surface area contributed by atoms with Crippen LogP contribution in [0, 0.1) is 12.1 Å². The quantitative estimate of drug-likeness (QED) is 0.608. The first-order valence-electron chi connectivity index (χ1n) is 3.24. The molecule has 1 heterocycles. The molecule has 11 heavy (non-hydrogen) atoms. The lowest BCUT2D eigenvalue weighted by Gasteiger charge is -2.17. The molecule has 0 bridgehead atoms. The summed E-state index contributed by atoms with van der Waals surface area (Å²) in [4.78, 5) is 8.35. The van der Waals surface area contributed by atoms with Gasteiger partial charge in [0.05, 0.1) is 13.3 Å². The number of hydrogen-bond acceptors (Lipinski definition) is 3. The minimum atomic E-state index is -0.337. The molecule has 1 unspecified atom stereocenters. The van der Waals surface area contributed by atoms with Crippen molar-refractivity contribution >= 4 is 5.69 Å². The maximum absolute atomic E-state index is 11.0. The smallest absolute Gasteiger partial charge is 0.185 e. The van der Waals surface area contributed by atoms with Crippen molar-refractivity contribution < 1.29 is 10.1 Å². The zero-order chi connectivity index (χ0) is 8.27. The van der Waals surface area contributed by atoms with Crippen LogP contribution in [0.5, 0.6) is 0 Å². The molecule has 1 atom stereocenters. The number of rotatable bonds is 2. The Labute approximate surface area is 65.0 Å². The number of quaternary nitrogens is 1. The van der Waals surface area contributed by atoms with Gasteiger partial charge in [0.1, 0.15) is 0 Å². The lowest BCUT2D eigenvalue weighted by Crippen LogP contribution is -3.00. The summed E-state index contributed by atoms with van der Waals surface area (Å²) in [5, 5.41) is 10.6. The van der Waals surface area contributed by atoms with E-state index in [1.165, 1.54) is 13.3 Å². The Morgan fingerprint density at radius 2 is 2.36 bits per heavy atom. The van der Waals surface area contributed by atoms with Crippen molar-refractivity contribution in [2.24, 2.45) is 0 Å². The highest BCUT2D eigenvalue weighted by molar-refractivity contribution is 5.34. The largest absolute Gasteiger partial charge is 0.595 e. The summed E-state index contributed by atoms with van der Waals surface area (Å²) in [6.07, 6.45) is 3.14. The zero-order valence-corrected chi connectivity index (χ0v) is 6.50. The fourth-order valence-electron chi connectivity index (χ4n) is 0.788. The van der Waals surface area contributed by atoms with Crippen LogP contribution >= 0.6 is 0 Å². The molecule has 4 nitrogen and oxygen atoms in total. The second-order valence-corrected chi connectivity index (χ2v) is 2.18. The summed E-state index contributed by atoms with van der Waals surface area (Å²) in [7, 11) is 1.36. The number of aryl methyl sites for hydroxylation is 1. The van der Waals surface area contributed by atoms with Crippen LogP contribution < -0.4 is 5.23 Å². The van der Waals surface area contributed by atoms with Crippen molar-refractivity contribution in [3.8, 4) is 0 Å². The van der Waals surface area contributed by atoms with Crippen LogP contribution in [0.4, 0.5) is 5.69 Å². The molecule has 60 valence electrons. The molecule has 1 N–H and O–H groups in total. The SMILES string of the molecule is CO[NH+]([O-])c1cnccc1C. The molecule has 1 aromatic rings. The summed E-state index contributed by atoms with van der Waals surface area (Å²) in [5.41, 5.74) is 1.40. The highest BCUT2D eigenvalue weighted by Crippen LogP contribution is 2.04. The summed E-state index contributed by atoms with van der Waals surface area (Å²) in [6, 6.07) is 1.77. The molecular weight excluding hydrogens is 144 g/mol. The van der Waals surface area contributed by atoms with Crippen LogP contribution in [0.2, 0.25) is 0 Å². The third-order valence-corrected chi connectivity index (χ3v) is 1.44. The van der Waals surface area contributed by atoms with Gasteiger partial charge < -0.3 is 5.21 Å². The van der Waals surface area contributed by atoms with Gasteiger partial charge in [-0.05, 0) is 13.0 Å². The van der Waals surface area contributed by atoms with E-state index >= 15 is 0 Å². The van der Waals surface area contributed by atoms with E-state index in [-0.39, 0.29) is 5.23 Å². The van der Waals surface area contributed by atoms with Gasteiger partial charge in [-0.3, -0.25) is 4.98 Å². The Bertz CT molecular complexity index is 240. The minimum absolute atomic E-state index is 0.337. The normalized spacial score (nSPS) is 13.0. The number of nitrogens with zero attached hydrogens (tertiary/aromatic N) is 1. The van der Waals surface area contributed by atoms with Crippen LogP contribution in [-0.2, 0) is 4.84 Å². The van der Waals surface area contributed by atoms with E-state index in [0.717, 1.165) is 5.56 Å². The van der Waals surface area contributed by atoms with Gasteiger partial charge in [-0.25, -0.2) is 4.84 Å². The Hall–Kier alpha value is -0.970. The van der Waals surface area contributed by atoms with E-state index in [1.807, 2.05) is 6.92 Å². The van der Waals surface area contributed by atoms with Crippen molar-refractivity contribution in [2.45, 2.75) is 6.92 Å². The van der Waals surface area contributed by atoms with Gasteiger partial charge in [-0.1, -0.05) is 0 Å². The predicted molar refractivity (Wildman–Crippen MR) is 40.0 cm³/mol.